The van der Waals surface area contributed by atoms with Crippen LogP contribution in [0.1, 0.15) is 0 Å². The van der Waals surface area contributed by atoms with E-state index < -0.39 is 81.7 Å². The van der Waals surface area contributed by atoms with Crippen LogP contribution in [0, 0.1) is 0 Å². The molecule has 21 nitrogen and oxygen atoms in total. The molecule has 2 atom stereocenters. The minimum atomic E-state index is -6.07. The van der Waals surface area contributed by atoms with Crippen molar-refractivity contribution in [3.63, 3.8) is 0 Å². The van der Waals surface area contributed by atoms with Gasteiger partial charge in [0.2, 0.25) is 0 Å². The van der Waals surface area contributed by atoms with Crippen molar-refractivity contribution in [1.29, 1.82) is 0 Å². The Morgan fingerprint density at radius 3 is 0.379 bits per heavy atom. The fourth-order valence-electron chi connectivity index (χ4n) is 0.306. The molecule has 2 unspecified atom stereocenters. The predicted molar refractivity (Wildman–Crippen MR) is 31.4 cm³/mol. The Bertz CT molecular complexity index is 854. The van der Waals surface area contributed by atoms with E-state index in [1.54, 1.807) is 0 Å². The molecule has 6 radical (unpaired) electrons. The molecule has 0 spiro atoms. The molecule has 0 saturated carbocycles. The van der Waals surface area contributed by atoms with Crippen molar-refractivity contribution in [1.82, 2.24) is 0 Å². The summed E-state index contributed by atoms with van der Waals surface area (Å²) in [5.74, 6) is 0. The Morgan fingerprint density at radius 2 is 0.379 bits per heavy atom. The summed E-state index contributed by atoms with van der Waals surface area (Å²) in [4.78, 5) is 0. The van der Waals surface area contributed by atoms with Crippen LogP contribution in [0.15, 0.2) is 0 Å². The van der Waals surface area contributed by atoms with Gasteiger partial charge in [-0.15, -0.1) is 0 Å². The van der Waals surface area contributed by atoms with Gasteiger partial charge in [-0.05, 0) is 0 Å². The number of hydrogen-bond donors (Lipinski definition) is 0. The first kappa shape index (κ1) is 40.9. The quantitative estimate of drug-likeness (QED) is 0.225. The van der Waals surface area contributed by atoms with Crippen molar-refractivity contribution < 1.29 is 161 Å². The summed E-state index contributed by atoms with van der Waals surface area (Å²) in [6, 6.07) is 0. The average molecular weight is 804 g/mol. The molecule has 0 fully saturated rings. The molecule has 0 N–H and O–H groups in total. The van der Waals surface area contributed by atoms with Crippen LogP contribution >= 0.6 is 0 Å². The van der Waals surface area contributed by atoms with Gasteiger partial charge >= 0.3 is 197 Å². The molecule has 29 heavy (non-hydrogen) atoms. The van der Waals surface area contributed by atoms with Gasteiger partial charge < -0.3 is 0 Å². The standard InChI is InChI=1S/2AsH3.6Cr.21O/h2*1H3;;;;;;;;;;;;;;;;;;;;;;;;;;;/q2*+3;;;;;;;;;;;;;;;;;;;;;;6*-1. The minimum absolute atomic E-state index is 0. The molecule has 0 amide bonds. The first-order chi connectivity index (χ1) is 11.1. The summed E-state index contributed by atoms with van der Waals surface area (Å²) in [5, 5.41) is 0. The fraction of sp³-hybridized carbons (Fsp3) is 0. The van der Waals surface area contributed by atoms with Gasteiger partial charge in [0, 0.05) is 0 Å². The van der Waals surface area contributed by atoms with Gasteiger partial charge in [-0.3, -0.25) is 0 Å². The van der Waals surface area contributed by atoms with E-state index in [0.717, 1.165) is 0 Å². The second-order valence-electron chi connectivity index (χ2n) is 2.65. The van der Waals surface area contributed by atoms with Gasteiger partial charge in [-0.25, -0.2) is 0 Å². The number of hydrogen-bond acceptors (Lipinski definition) is 21. The third-order valence-electron chi connectivity index (χ3n) is 0.500. The van der Waals surface area contributed by atoms with Crippen LogP contribution in [0.3, 0.4) is 0 Å². The Hall–Kier alpha value is 1.55. The molecule has 0 aromatic heterocycles. The molecule has 0 aliphatic rings. The van der Waals surface area contributed by atoms with E-state index in [0.29, 0.717) is 0 Å². The van der Waals surface area contributed by atoms with Crippen LogP contribution in [-0.2, 0) is 136 Å². The second kappa shape index (κ2) is 14.6. The van der Waals surface area contributed by atoms with Crippen molar-refractivity contribution in [3.05, 3.63) is 0 Å². The van der Waals surface area contributed by atoms with Crippen LogP contribution in [0.2, 0.25) is 0 Å². The molecule has 0 aromatic carbocycles. The van der Waals surface area contributed by atoms with Crippen molar-refractivity contribution in [2.45, 2.75) is 0 Å². The first-order valence-corrected chi connectivity index (χ1v) is 16.5. The molecule has 0 aromatic rings. The fourth-order valence-corrected chi connectivity index (χ4v) is 5.21. The van der Waals surface area contributed by atoms with Crippen LogP contribution in [-0.4, -0.2) is 35.9 Å². The normalized spacial score (nSPS) is 12.6. The summed E-state index contributed by atoms with van der Waals surface area (Å²) < 4.78 is 177. The third kappa shape index (κ3) is 58.7. The SMILES string of the molecule is [AsH3+3].[AsH3+3].[O]=[Cr](=[O])([O-])[O][Cr](=[O])(=[O])[O-].[O]=[Cr](=[O])([O-])[O][Cr](=[O])(=[O])[O-].[O]=[Cr](=[O])([O-])[O][Cr](=[O])(=[O])[O-]. The van der Waals surface area contributed by atoms with Crippen LogP contribution in [0.5, 0.6) is 0 Å². The Kier molecular flexibility index (Phi) is 20.6. The monoisotopic (exact) mass is 803 g/mol. The van der Waals surface area contributed by atoms with Crippen molar-refractivity contribution >= 4 is 35.9 Å². The van der Waals surface area contributed by atoms with Gasteiger partial charge in [0.15, 0.2) is 0 Å². The second-order valence-corrected chi connectivity index (χ2v) is 13.6. The van der Waals surface area contributed by atoms with E-state index in [1.807, 2.05) is 0 Å². The summed E-state index contributed by atoms with van der Waals surface area (Å²) in [6.45, 7) is 0. The first-order valence-electron chi connectivity index (χ1n) is 4.00. The van der Waals surface area contributed by atoms with E-state index in [9.17, 15) is 70.6 Å². The third-order valence-corrected chi connectivity index (χ3v) is 8.50. The zero-order valence-electron chi connectivity index (χ0n) is 12.4. The Labute approximate surface area is 194 Å². The molecule has 0 saturated heterocycles. The Morgan fingerprint density at radius 1 is 0.310 bits per heavy atom. The topological polar surface area (TPSA) is 371 Å². The van der Waals surface area contributed by atoms with Crippen molar-refractivity contribution in [3.8, 4) is 0 Å². The molecule has 0 bridgehead atoms. The molecule has 0 aliphatic heterocycles. The summed E-state index contributed by atoms with van der Waals surface area (Å²) in [7, 11) is 0. The van der Waals surface area contributed by atoms with Crippen LogP contribution < -0.4 is 24.9 Å². The molecular weight excluding hydrogens is 798 g/mol. The predicted octanol–water partition coefficient (Wildman–Crippen LogP) is -11.1. The summed E-state index contributed by atoms with van der Waals surface area (Å²) >= 11 is -36.4. The molecule has 0 aliphatic carbocycles. The van der Waals surface area contributed by atoms with E-state index in [4.69, 9.17) is 0 Å². The van der Waals surface area contributed by atoms with Crippen LogP contribution in [0.4, 0.5) is 0 Å². The van der Waals surface area contributed by atoms with Gasteiger partial charge in [-0.1, -0.05) is 0 Å². The molecular formula is H6As2Cr6O21. The van der Waals surface area contributed by atoms with Gasteiger partial charge in [0.1, 0.15) is 0 Å². The molecule has 29 heteroatoms. The van der Waals surface area contributed by atoms with Crippen molar-refractivity contribution in [2.24, 2.45) is 0 Å². The zero-order valence-corrected chi connectivity index (χ0v) is 26.0. The molecule has 178 valence electrons. The van der Waals surface area contributed by atoms with Gasteiger partial charge in [0.05, 0.1) is 0 Å². The average Bonchev–Trinajstić information content (AvgIpc) is 1.96. The number of rotatable bonds is 6. The van der Waals surface area contributed by atoms with E-state index in [-0.39, 0.29) is 35.9 Å². The van der Waals surface area contributed by atoms with Gasteiger partial charge in [-0.2, -0.15) is 0 Å². The Balaban J connectivity index is -0.0000000960. The van der Waals surface area contributed by atoms with Gasteiger partial charge in [0.25, 0.3) is 0 Å². The van der Waals surface area contributed by atoms with Crippen molar-refractivity contribution in [2.75, 3.05) is 0 Å². The van der Waals surface area contributed by atoms with E-state index in [2.05, 4.69) is 8.52 Å². The maximum atomic E-state index is 9.38. The summed E-state index contributed by atoms with van der Waals surface area (Å²) in [5.41, 5.74) is 0. The zero-order chi connectivity index (χ0) is 23.1. The van der Waals surface area contributed by atoms with Crippen LogP contribution in [0.25, 0.3) is 0 Å². The molecule has 0 rings (SSSR count). The van der Waals surface area contributed by atoms with E-state index in [1.165, 1.54) is 0 Å². The summed E-state index contributed by atoms with van der Waals surface area (Å²) in [6.07, 6.45) is 0. The van der Waals surface area contributed by atoms with E-state index >= 15 is 0 Å². The maximum absolute atomic E-state index is 9.38. The molecule has 0 heterocycles.